The van der Waals surface area contributed by atoms with Crippen molar-refractivity contribution in [2.75, 3.05) is 13.1 Å². The summed E-state index contributed by atoms with van der Waals surface area (Å²) in [5.74, 6) is -0.955. The Kier molecular flexibility index (Phi) is 5.92. The average Bonchev–Trinajstić information content (AvgIpc) is 3.35. The number of nitro groups is 1. The number of hydrogen-bond donors (Lipinski definition) is 2. The molecule has 2 aromatic heterocycles. The molecule has 0 radical (unpaired) electrons. The van der Waals surface area contributed by atoms with Crippen LogP contribution < -0.4 is 10.6 Å². The van der Waals surface area contributed by atoms with Crippen LogP contribution in [0.15, 0.2) is 41.2 Å². The fraction of sp³-hybridized carbons (Fsp3) is 0.235. The summed E-state index contributed by atoms with van der Waals surface area (Å²) < 4.78 is 6.13. The zero-order valence-electron chi connectivity index (χ0n) is 15.4. The van der Waals surface area contributed by atoms with E-state index in [1.807, 2.05) is 13.0 Å². The Bertz CT molecular complexity index is 1040. The molecule has 0 aliphatic carbocycles. The number of nitrogens with zero attached hydrogens (tertiary/aromatic N) is 5. The molecular formula is C17H17N7O5. The summed E-state index contributed by atoms with van der Waals surface area (Å²) in [4.78, 5) is 38.0. The van der Waals surface area contributed by atoms with Crippen LogP contribution in [0.5, 0.6) is 0 Å². The second-order valence-corrected chi connectivity index (χ2v) is 6.05. The summed E-state index contributed by atoms with van der Waals surface area (Å²) in [5, 5.41) is 23.3. The summed E-state index contributed by atoms with van der Waals surface area (Å²) in [6.45, 7) is 2.29. The lowest BCUT2D eigenvalue weighted by Gasteiger charge is -2.06. The highest BCUT2D eigenvalue weighted by Crippen LogP contribution is 2.09. The van der Waals surface area contributed by atoms with E-state index in [0.717, 1.165) is 11.8 Å². The van der Waals surface area contributed by atoms with Crippen LogP contribution in [0.2, 0.25) is 0 Å². The molecular weight excluding hydrogens is 382 g/mol. The standard InChI is InChI=1S/C17H17N7O5/c1-11-3-2-4-12(7-11)15(25)18-5-6-19-16(26)17-21-14(22-29-17)10-23-9-13(8-20-23)24(27)28/h2-4,7-9H,5-6,10H2,1H3,(H,18,25)(H,19,26). The molecule has 1 aromatic carbocycles. The SMILES string of the molecule is Cc1cccc(C(=O)NCCNC(=O)c2nc(Cn3cc([N+](=O)[O-])cn3)no2)c1. The zero-order chi connectivity index (χ0) is 20.8. The fourth-order valence-corrected chi connectivity index (χ4v) is 2.40. The van der Waals surface area contributed by atoms with Crippen LogP contribution in [0, 0.1) is 17.0 Å². The van der Waals surface area contributed by atoms with Crippen LogP contribution in [0.25, 0.3) is 0 Å². The molecule has 0 atom stereocenters. The number of benzene rings is 1. The normalized spacial score (nSPS) is 10.5. The van der Waals surface area contributed by atoms with Crippen LogP contribution in [0.3, 0.4) is 0 Å². The molecule has 0 saturated carbocycles. The highest BCUT2D eigenvalue weighted by molar-refractivity contribution is 5.94. The van der Waals surface area contributed by atoms with E-state index in [2.05, 4.69) is 25.9 Å². The topological polar surface area (TPSA) is 158 Å². The minimum absolute atomic E-state index is 0.0111. The third kappa shape index (κ3) is 5.22. The van der Waals surface area contributed by atoms with E-state index in [4.69, 9.17) is 4.52 Å². The van der Waals surface area contributed by atoms with E-state index in [0.29, 0.717) is 5.56 Å². The number of hydrogen-bond acceptors (Lipinski definition) is 8. The summed E-state index contributed by atoms with van der Waals surface area (Å²) >= 11 is 0. The molecule has 0 fully saturated rings. The molecule has 12 heteroatoms. The van der Waals surface area contributed by atoms with Gasteiger partial charge in [0.2, 0.25) is 0 Å². The number of nitrogens with one attached hydrogen (secondary N) is 2. The van der Waals surface area contributed by atoms with Gasteiger partial charge in [-0.2, -0.15) is 10.1 Å². The quantitative estimate of drug-likeness (QED) is 0.318. The van der Waals surface area contributed by atoms with Crippen LogP contribution in [-0.4, -0.2) is 49.7 Å². The molecule has 0 aliphatic rings. The number of amides is 2. The van der Waals surface area contributed by atoms with Crippen LogP contribution in [0.1, 0.15) is 32.4 Å². The number of aryl methyl sites for hydroxylation is 1. The van der Waals surface area contributed by atoms with Crippen molar-refractivity contribution in [2.24, 2.45) is 0 Å². The summed E-state index contributed by atoms with van der Waals surface area (Å²) in [5.41, 5.74) is 1.35. The predicted molar refractivity (Wildman–Crippen MR) is 98.1 cm³/mol. The number of rotatable bonds is 8. The van der Waals surface area contributed by atoms with Crippen molar-refractivity contribution in [1.82, 2.24) is 30.6 Å². The van der Waals surface area contributed by atoms with Crippen molar-refractivity contribution in [3.63, 3.8) is 0 Å². The lowest BCUT2D eigenvalue weighted by atomic mass is 10.1. The molecule has 29 heavy (non-hydrogen) atoms. The summed E-state index contributed by atoms with van der Waals surface area (Å²) in [7, 11) is 0. The van der Waals surface area contributed by atoms with Gasteiger partial charge in [0, 0.05) is 18.7 Å². The van der Waals surface area contributed by atoms with E-state index in [1.54, 1.807) is 18.2 Å². The van der Waals surface area contributed by atoms with Gasteiger partial charge in [-0.15, -0.1) is 0 Å². The Balaban J connectivity index is 1.45. The van der Waals surface area contributed by atoms with Crippen molar-refractivity contribution in [3.8, 4) is 0 Å². The second-order valence-electron chi connectivity index (χ2n) is 6.05. The first kappa shape index (κ1) is 19.7. The Morgan fingerprint density at radius 2 is 2.00 bits per heavy atom. The van der Waals surface area contributed by atoms with Crippen molar-refractivity contribution in [1.29, 1.82) is 0 Å². The van der Waals surface area contributed by atoms with E-state index < -0.39 is 10.8 Å². The molecule has 2 heterocycles. The van der Waals surface area contributed by atoms with Gasteiger partial charge >= 0.3 is 17.5 Å². The first-order valence-corrected chi connectivity index (χ1v) is 8.55. The zero-order valence-corrected chi connectivity index (χ0v) is 15.4. The number of carbonyl (C=O) groups excluding carboxylic acids is 2. The van der Waals surface area contributed by atoms with E-state index in [-0.39, 0.29) is 42.9 Å². The molecule has 150 valence electrons. The van der Waals surface area contributed by atoms with Gasteiger partial charge in [0.15, 0.2) is 5.82 Å². The first-order chi connectivity index (χ1) is 13.9. The third-order valence-corrected chi connectivity index (χ3v) is 3.77. The van der Waals surface area contributed by atoms with Gasteiger partial charge < -0.3 is 15.2 Å². The molecule has 0 bridgehead atoms. The largest absolute Gasteiger partial charge is 0.350 e. The van der Waals surface area contributed by atoms with Crippen molar-refractivity contribution in [2.45, 2.75) is 13.5 Å². The van der Waals surface area contributed by atoms with E-state index >= 15 is 0 Å². The summed E-state index contributed by atoms with van der Waals surface area (Å²) in [6.07, 6.45) is 2.31. The predicted octanol–water partition coefficient (Wildman–Crippen LogP) is 0.691. The van der Waals surface area contributed by atoms with Crippen LogP contribution in [0.4, 0.5) is 5.69 Å². The molecule has 2 N–H and O–H groups in total. The Morgan fingerprint density at radius 1 is 1.24 bits per heavy atom. The average molecular weight is 399 g/mol. The maximum Gasteiger partial charge on any atom is 0.316 e. The molecule has 0 spiro atoms. The lowest BCUT2D eigenvalue weighted by molar-refractivity contribution is -0.385. The molecule has 12 nitrogen and oxygen atoms in total. The maximum absolute atomic E-state index is 12.0. The van der Waals surface area contributed by atoms with Crippen LogP contribution >= 0.6 is 0 Å². The molecule has 3 rings (SSSR count). The highest BCUT2D eigenvalue weighted by atomic mass is 16.6. The van der Waals surface area contributed by atoms with Gasteiger partial charge in [0.1, 0.15) is 18.9 Å². The van der Waals surface area contributed by atoms with Gasteiger partial charge in [-0.1, -0.05) is 22.9 Å². The summed E-state index contributed by atoms with van der Waals surface area (Å²) in [6, 6.07) is 7.15. The second kappa shape index (κ2) is 8.73. The van der Waals surface area contributed by atoms with Gasteiger partial charge in [-0.25, -0.2) is 0 Å². The van der Waals surface area contributed by atoms with Crippen molar-refractivity contribution >= 4 is 17.5 Å². The van der Waals surface area contributed by atoms with E-state index in [9.17, 15) is 19.7 Å². The smallest absolute Gasteiger partial charge is 0.316 e. The Labute approximate surface area is 164 Å². The molecule has 0 unspecified atom stereocenters. The first-order valence-electron chi connectivity index (χ1n) is 8.55. The molecule has 2 amide bonds. The molecule has 0 aliphatic heterocycles. The van der Waals surface area contributed by atoms with Gasteiger partial charge in [-0.05, 0) is 19.1 Å². The molecule has 3 aromatic rings. The van der Waals surface area contributed by atoms with Gasteiger partial charge in [-0.3, -0.25) is 24.4 Å². The van der Waals surface area contributed by atoms with Gasteiger partial charge in [0.05, 0.1) is 4.92 Å². The Morgan fingerprint density at radius 3 is 2.69 bits per heavy atom. The fourth-order valence-electron chi connectivity index (χ4n) is 2.40. The van der Waals surface area contributed by atoms with Gasteiger partial charge in [0.25, 0.3) is 5.91 Å². The number of carbonyl (C=O) groups is 2. The lowest BCUT2D eigenvalue weighted by Crippen LogP contribution is -2.34. The monoisotopic (exact) mass is 399 g/mol. The minimum Gasteiger partial charge on any atom is -0.350 e. The highest BCUT2D eigenvalue weighted by Gasteiger charge is 2.16. The number of aromatic nitrogens is 4. The maximum atomic E-state index is 12.0. The van der Waals surface area contributed by atoms with Crippen LogP contribution in [-0.2, 0) is 6.54 Å². The van der Waals surface area contributed by atoms with Crippen molar-refractivity contribution in [3.05, 3.63) is 69.6 Å². The van der Waals surface area contributed by atoms with E-state index in [1.165, 1.54) is 10.9 Å². The van der Waals surface area contributed by atoms with Crippen molar-refractivity contribution < 1.29 is 19.0 Å². The Hall–Kier alpha value is -4.09. The molecule has 0 saturated heterocycles. The minimum atomic E-state index is -0.597. The third-order valence-electron chi connectivity index (χ3n) is 3.77.